The molecule has 6 heteroatoms. The van der Waals surface area contributed by atoms with E-state index >= 15 is 0 Å². The molecule has 0 radical (unpaired) electrons. The number of sulfonamides is 1. The zero-order valence-corrected chi connectivity index (χ0v) is 12.1. The molecule has 0 atom stereocenters. The van der Waals surface area contributed by atoms with Gasteiger partial charge in [-0.15, -0.1) is 0 Å². The van der Waals surface area contributed by atoms with Crippen molar-refractivity contribution < 1.29 is 12.8 Å². The molecule has 0 aliphatic carbocycles. The van der Waals surface area contributed by atoms with Crippen LogP contribution in [0, 0.1) is 11.7 Å². The number of halogens is 1. The van der Waals surface area contributed by atoms with Crippen LogP contribution >= 0.6 is 0 Å². The van der Waals surface area contributed by atoms with Crippen LogP contribution < -0.4 is 10.5 Å². The molecule has 0 unspecified atom stereocenters. The summed E-state index contributed by atoms with van der Waals surface area (Å²) in [4.78, 5) is -0.356. The molecule has 0 heterocycles. The van der Waals surface area contributed by atoms with E-state index in [9.17, 15) is 12.8 Å². The van der Waals surface area contributed by atoms with Crippen LogP contribution in [-0.2, 0) is 10.0 Å². The minimum Gasteiger partial charge on any atom is -0.399 e. The number of rotatable bonds is 7. The molecule has 1 aromatic rings. The number of nitrogen functional groups attached to an aromatic ring is 1. The molecule has 0 aromatic heterocycles. The summed E-state index contributed by atoms with van der Waals surface area (Å²) in [6.07, 6.45) is 2.75. The number of hydrogen-bond acceptors (Lipinski definition) is 3. The maximum atomic E-state index is 13.5. The maximum absolute atomic E-state index is 13.5. The third-order valence-electron chi connectivity index (χ3n) is 2.75. The van der Waals surface area contributed by atoms with Crippen molar-refractivity contribution in [2.75, 3.05) is 12.3 Å². The van der Waals surface area contributed by atoms with Gasteiger partial charge in [-0.2, -0.15) is 0 Å². The van der Waals surface area contributed by atoms with E-state index in [1.807, 2.05) is 0 Å². The molecular formula is C13H21FN2O2S. The van der Waals surface area contributed by atoms with Crippen molar-refractivity contribution >= 4 is 15.7 Å². The van der Waals surface area contributed by atoms with E-state index in [0.717, 1.165) is 25.3 Å². The summed E-state index contributed by atoms with van der Waals surface area (Å²) < 4.78 is 39.7. The van der Waals surface area contributed by atoms with Crippen LogP contribution in [0.5, 0.6) is 0 Å². The minimum atomic E-state index is -3.79. The predicted molar refractivity (Wildman–Crippen MR) is 74.7 cm³/mol. The molecule has 0 spiro atoms. The molecule has 108 valence electrons. The van der Waals surface area contributed by atoms with Crippen molar-refractivity contribution in [2.45, 2.75) is 38.0 Å². The van der Waals surface area contributed by atoms with Crippen LogP contribution in [0.25, 0.3) is 0 Å². The zero-order chi connectivity index (χ0) is 14.5. The molecule has 1 rings (SSSR count). The van der Waals surface area contributed by atoms with Gasteiger partial charge in [-0.1, -0.05) is 26.7 Å². The molecule has 4 nitrogen and oxygen atoms in total. The Balaban J connectivity index is 2.56. The second kappa shape index (κ2) is 6.86. The topological polar surface area (TPSA) is 72.2 Å². The van der Waals surface area contributed by atoms with Gasteiger partial charge in [0, 0.05) is 12.2 Å². The molecule has 0 saturated carbocycles. The van der Waals surface area contributed by atoms with Crippen molar-refractivity contribution in [1.29, 1.82) is 0 Å². The lowest BCUT2D eigenvalue weighted by molar-refractivity contribution is 0.527. The van der Waals surface area contributed by atoms with Crippen LogP contribution in [0.3, 0.4) is 0 Å². The van der Waals surface area contributed by atoms with Gasteiger partial charge in [0.2, 0.25) is 10.0 Å². The highest BCUT2D eigenvalue weighted by Gasteiger charge is 2.18. The molecule has 0 amide bonds. The fraction of sp³-hybridized carbons (Fsp3) is 0.538. The molecule has 3 N–H and O–H groups in total. The van der Waals surface area contributed by atoms with E-state index in [0.29, 0.717) is 12.5 Å². The summed E-state index contributed by atoms with van der Waals surface area (Å²) in [6.45, 7) is 4.56. The molecule has 0 fully saturated rings. The third-order valence-corrected chi connectivity index (χ3v) is 4.24. The highest BCUT2D eigenvalue weighted by molar-refractivity contribution is 7.89. The van der Waals surface area contributed by atoms with Crippen LogP contribution in [0.2, 0.25) is 0 Å². The normalized spacial score (nSPS) is 12.0. The van der Waals surface area contributed by atoms with Crippen LogP contribution in [0.4, 0.5) is 10.1 Å². The first-order chi connectivity index (χ1) is 8.83. The van der Waals surface area contributed by atoms with E-state index in [1.54, 1.807) is 0 Å². The van der Waals surface area contributed by atoms with Gasteiger partial charge in [0.25, 0.3) is 0 Å². The quantitative estimate of drug-likeness (QED) is 0.598. The summed E-state index contributed by atoms with van der Waals surface area (Å²) in [7, 11) is -3.79. The van der Waals surface area contributed by atoms with E-state index in [2.05, 4.69) is 18.6 Å². The maximum Gasteiger partial charge on any atom is 0.243 e. The third kappa shape index (κ3) is 5.16. The summed E-state index contributed by atoms with van der Waals surface area (Å²) >= 11 is 0. The van der Waals surface area contributed by atoms with Crippen molar-refractivity contribution in [3.63, 3.8) is 0 Å². The Hall–Kier alpha value is -1.14. The molecule has 0 bridgehead atoms. The standard InChI is InChI=1S/C13H21FN2O2S/c1-10(2)5-3-4-8-16-19(17,18)13-7-6-11(15)9-12(13)14/h6-7,9-10,16H,3-5,8,15H2,1-2H3. The number of benzene rings is 1. The van der Waals surface area contributed by atoms with Crippen LogP contribution in [0.1, 0.15) is 33.1 Å². The second-order valence-electron chi connectivity index (χ2n) is 4.98. The summed E-state index contributed by atoms with van der Waals surface area (Å²) in [5.74, 6) is -0.221. The molecule has 0 saturated heterocycles. The smallest absolute Gasteiger partial charge is 0.243 e. The predicted octanol–water partition coefficient (Wildman–Crippen LogP) is 2.51. The van der Waals surface area contributed by atoms with Crippen molar-refractivity contribution in [1.82, 2.24) is 4.72 Å². The number of nitrogens with two attached hydrogens (primary N) is 1. The average molecular weight is 288 g/mol. The highest BCUT2D eigenvalue weighted by Crippen LogP contribution is 2.17. The Labute approximate surface area is 114 Å². The van der Waals surface area contributed by atoms with Crippen molar-refractivity contribution in [3.05, 3.63) is 24.0 Å². The highest BCUT2D eigenvalue weighted by atomic mass is 32.2. The van der Waals surface area contributed by atoms with E-state index in [1.165, 1.54) is 12.1 Å². The Morgan fingerprint density at radius 3 is 2.58 bits per heavy atom. The Bertz CT molecular complexity index is 515. The van der Waals surface area contributed by atoms with Gasteiger partial charge in [0.05, 0.1) is 0 Å². The molecule has 1 aromatic carbocycles. The second-order valence-corrected chi connectivity index (χ2v) is 6.71. The lowest BCUT2D eigenvalue weighted by Gasteiger charge is -2.08. The Kier molecular flexibility index (Phi) is 5.75. The number of nitrogens with one attached hydrogen (secondary N) is 1. The summed E-state index contributed by atoms with van der Waals surface area (Å²) in [5, 5.41) is 0. The monoisotopic (exact) mass is 288 g/mol. The lowest BCUT2D eigenvalue weighted by atomic mass is 10.1. The first-order valence-corrected chi connectivity index (χ1v) is 7.86. The molecule has 0 aliphatic rings. The van der Waals surface area contributed by atoms with E-state index in [-0.39, 0.29) is 10.6 Å². The Morgan fingerprint density at radius 1 is 1.32 bits per heavy atom. The van der Waals surface area contributed by atoms with Gasteiger partial charge in [0.15, 0.2) is 0 Å². The van der Waals surface area contributed by atoms with Gasteiger partial charge >= 0.3 is 0 Å². The van der Waals surface area contributed by atoms with Gasteiger partial charge < -0.3 is 5.73 Å². The van der Waals surface area contributed by atoms with Crippen LogP contribution in [-0.4, -0.2) is 15.0 Å². The molecule has 19 heavy (non-hydrogen) atoms. The van der Waals surface area contributed by atoms with Gasteiger partial charge in [-0.25, -0.2) is 17.5 Å². The minimum absolute atomic E-state index is 0.202. The molecular weight excluding hydrogens is 267 g/mol. The summed E-state index contributed by atoms with van der Waals surface area (Å²) in [6, 6.07) is 3.56. The zero-order valence-electron chi connectivity index (χ0n) is 11.3. The fourth-order valence-corrected chi connectivity index (χ4v) is 2.83. The SMILES string of the molecule is CC(C)CCCCNS(=O)(=O)c1ccc(N)cc1F. The first-order valence-electron chi connectivity index (χ1n) is 6.37. The van der Waals surface area contributed by atoms with Gasteiger partial charge in [-0.3, -0.25) is 0 Å². The number of hydrogen-bond donors (Lipinski definition) is 2. The van der Waals surface area contributed by atoms with E-state index < -0.39 is 15.8 Å². The van der Waals surface area contributed by atoms with Gasteiger partial charge in [0.1, 0.15) is 10.7 Å². The summed E-state index contributed by atoms with van der Waals surface area (Å²) in [5.41, 5.74) is 5.59. The van der Waals surface area contributed by atoms with Gasteiger partial charge in [-0.05, 0) is 30.5 Å². The lowest BCUT2D eigenvalue weighted by Crippen LogP contribution is -2.25. The van der Waals surface area contributed by atoms with Crippen molar-refractivity contribution in [3.8, 4) is 0 Å². The first kappa shape index (κ1) is 15.9. The van der Waals surface area contributed by atoms with E-state index in [4.69, 9.17) is 5.73 Å². The average Bonchev–Trinajstić information content (AvgIpc) is 2.27. The van der Waals surface area contributed by atoms with Crippen LogP contribution in [0.15, 0.2) is 23.1 Å². The molecule has 0 aliphatic heterocycles. The number of unbranched alkanes of at least 4 members (excludes halogenated alkanes) is 1. The number of anilines is 1. The largest absolute Gasteiger partial charge is 0.399 e. The Morgan fingerprint density at radius 2 is 2.00 bits per heavy atom. The van der Waals surface area contributed by atoms with Crippen molar-refractivity contribution in [2.24, 2.45) is 5.92 Å². The fourth-order valence-electron chi connectivity index (χ4n) is 1.70.